The third kappa shape index (κ3) is 4.12. The van der Waals surface area contributed by atoms with E-state index in [0.29, 0.717) is 12.1 Å². The number of anilines is 2. The summed E-state index contributed by atoms with van der Waals surface area (Å²) in [7, 11) is -0.227. The SMILES string of the molecule is CN(C)[C@@H]1C[C@@H]2[C@H](C[C@H]1Nc1cc(F)c(S(=O)(=O)Nc3nccs3)cc1Cl)C2(Cl)Cl. The van der Waals surface area contributed by atoms with Gasteiger partial charge in [-0.25, -0.2) is 17.8 Å². The summed E-state index contributed by atoms with van der Waals surface area (Å²) in [5.74, 6) is -0.500. The molecule has 0 aliphatic heterocycles. The molecule has 4 rings (SSSR count). The van der Waals surface area contributed by atoms with E-state index in [2.05, 4.69) is 19.9 Å². The highest BCUT2D eigenvalue weighted by Gasteiger charge is 2.66. The Kier molecular flexibility index (Phi) is 5.91. The molecule has 1 aromatic carbocycles. The van der Waals surface area contributed by atoms with E-state index < -0.39 is 25.1 Å². The Labute approximate surface area is 193 Å². The number of likely N-dealkylation sites (N-methyl/N-ethyl adjacent to an activating group) is 1. The van der Waals surface area contributed by atoms with E-state index in [1.165, 1.54) is 6.20 Å². The van der Waals surface area contributed by atoms with Gasteiger partial charge in [0.15, 0.2) is 5.13 Å². The van der Waals surface area contributed by atoms with Crippen molar-refractivity contribution in [2.75, 3.05) is 24.1 Å². The molecule has 4 atom stereocenters. The monoisotopic (exact) mass is 512 g/mol. The standard InChI is InChI=1S/C18H20Cl3FN4O2S2/c1-26(2)15-6-10-9(18(10,20)21)5-14(15)24-13-8-12(22)16(7-11(13)19)30(27,28)25-17-23-3-4-29-17/h3-4,7-10,14-15,24H,5-6H2,1-2H3,(H,23,25)/t9-,10+,14+,15+/m0/s1. The lowest BCUT2D eigenvalue weighted by Gasteiger charge is -2.36. The Morgan fingerprint density at radius 2 is 1.97 bits per heavy atom. The number of fused-ring (bicyclic) bond motifs is 1. The summed E-state index contributed by atoms with van der Waals surface area (Å²) in [6.07, 6.45) is 2.97. The van der Waals surface area contributed by atoms with Gasteiger partial charge in [0.05, 0.1) is 10.7 Å². The molecule has 1 heterocycles. The second-order valence-electron chi connectivity index (χ2n) is 7.85. The second kappa shape index (κ2) is 7.94. The number of thiazole rings is 1. The number of benzene rings is 1. The molecule has 0 amide bonds. The molecule has 2 saturated carbocycles. The summed E-state index contributed by atoms with van der Waals surface area (Å²) < 4.78 is 41.4. The summed E-state index contributed by atoms with van der Waals surface area (Å²) in [5.41, 5.74) is 0.327. The molecule has 0 saturated heterocycles. The lowest BCUT2D eigenvalue weighted by atomic mass is 9.89. The highest BCUT2D eigenvalue weighted by Crippen LogP contribution is 2.65. The third-order valence-electron chi connectivity index (χ3n) is 5.80. The molecule has 0 spiro atoms. The molecule has 6 nitrogen and oxygen atoms in total. The lowest BCUT2D eigenvalue weighted by Crippen LogP contribution is -2.46. The van der Waals surface area contributed by atoms with Crippen molar-refractivity contribution in [2.24, 2.45) is 11.8 Å². The Balaban J connectivity index is 1.57. The summed E-state index contributed by atoms with van der Waals surface area (Å²) >= 11 is 20.2. The number of alkyl halides is 2. The Morgan fingerprint density at radius 1 is 1.27 bits per heavy atom. The topological polar surface area (TPSA) is 74.3 Å². The molecule has 2 aliphatic rings. The van der Waals surface area contributed by atoms with E-state index >= 15 is 0 Å². The summed E-state index contributed by atoms with van der Waals surface area (Å²) in [6, 6.07) is 2.28. The Morgan fingerprint density at radius 3 is 2.60 bits per heavy atom. The molecule has 2 aliphatic carbocycles. The number of nitrogens with zero attached hydrogens (tertiary/aromatic N) is 2. The van der Waals surface area contributed by atoms with Gasteiger partial charge < -0.3 is 10.2 Å². The number of hydrogen-bond acceptors (Lipinski definition) is 6. The smallest absolute Gasteiger partial charge is 0.266 e. The van der Waals surface area contributed by atoms with Crippen molar-refractivity contribution in [2.45, 2.75) is 34.2 Å². The van der Waals surface area contributed by atoms with E-state index in [1.807, 2.05) is 14.1 Å². The maximum atomic E-state index is 14.8. The van der Waals surface area contributed by atoms with Gasteiger partial charge in [0.1, 0.15) is 15.0 Å². The van der Waals surface area contributed by atoms with Crippen LogP contribution in [0.5, 0.6) is 0 Å². The van der Waals surface area contributed by atoms with Crippen LogP contribution >= 0.6 is 46.1 Å². The number of rotatable bonds is 6. The fourth-order valence-corrected chi connectivity index (χ4v) is 7.17. The zero-order valence-electron chi connectivity index (χ0n) is 16.1. The van der Waals surface area contributed by atoms with Crippen LogP contribution in [0.3, 0.4) is 0 Å². The molecule has 0 radical (unpaired) electrons. The highest BCUT2D eigenvalue weighted by molar-refractivity contribution is 7.93. The van der Waals surface area contributed by atoms with Crippen LogP contribution in [-0.2, 0) is 10.0 Å². The van der Waals surface area contributed by atoms with Crippen molar-refractivity contribution in [3.05, 3.63) is 34.5 Å². The van der Waals surface area contributed by atoms with Gasteiger partial charge in [-0.1, -0.05) is 11.6 Å². The predicted molar refractivity (Wildman–Crippen MR) is 120 cm³/mol. The van der Waals surface area contributed by atoms with Gasteiger partial charge in [0.25, 0.3) is 10.0 Å². The summed E-state index contributed by atoms with van der Waals surface area (Å²) in [4.78, 5) is 5.40. The minimum atomic E-state index is -4.16. The molecule has 12 heteroatoms. The van der Waals surface area contributed by atoms with Gasteiger partial charge in [0, 0.05) is 23.7 Å². The van der Waals surface area contributed by atoms with E-state index in [9.17, 15) is 12.8 Å². The zero-order valence-corrected chi connectivity index (χ0v) is 20.0. The first-order valence-corrected chi connectivity index (χ1v) is 12.7. The third-order valence-corrected chi connectivity index (χ3v) is 9.41. The quantitative estimate of drug-likeness (QED) is 0.550. The molecule has 30 heavy (non-hydrogen) atoms. The first-order valence-electron chi connectivity index (χ1n) is 9.23. The first kappa shape index (κ1) is 22.4. The normalized spacial score (nSPS) is 27.6. The average molecular weight is 514 g/mol. The largest absolute Gasteiger partial charge is 0.379 e. The van der Waals surface area contributed by atoms with E-state index in [1.54, 1.807) is 5.38 Å². The lowest BCUT2D eigenvalue weighted by molar-refractivity contribution is 0.204. The van der Waals surface area contributed by atoms with Crippen molar-refractivity contribution in [1.82, 2.24) is 9.88 Å². The number of hydrogen-bond donors (Lipinski definition) is 2. The maximum Gasteiger partial charge on any atom is 0.266 e. The zero-order chi connectivity index (χ0) is 21.8. The molecule has 2 N–H and O–H groups in total. The van der Waals surface area contributed by atoms with Crippen molar-refractivity contribution in [3.63, 3.8) is 0 Å². The number of halogens is 4. The number of nitrogens with one attached hydrogen (secondary N) is 2. The van der Waals surface area contributed by atoms with E-state index in [4.69, 9.17) is 34.8 Å². The Hall–Kier alpha value is -0.840. The van der Waals surface area contributed by atoms with Crippen LogP contribution in [0.15, 0.2) is 28.6 Å². The van der Waals surface area contributed by atoms with Crippen LogP contribution in [0.25, 0.3) is 0 Å². The molecular weight excluding hydrogens is 494 g/mol. The minimum Gasteiger partial charge on any atom is -0.379 e. The van der Waals surface area contributed by atoms with Crippen molar-refractivity contribution in [1.29, 1.82) is 0 Å². The Bertz CT molecular complexity index is 1050. The minimum absolute atomic E-state index is 0.0616. The van der Waals surface area contributed by atoms with Crippen molar-refractivity contribution >= 4 is 67.0 Å². The van der Waals surface area contributed by atoms with Crippen molar-refractivity contribution < 1.29 is 12.8 Å². The molecular formula is C18H20Cl3FN4O2S2. The molecule has 0 bridgehead atoms. The van der Waals surface area contributed by atoms with Gasteiger partial charge in [-0.15, -0.1) is 34.5 Å². The van der Waals surface area contributed by atoms with Gasteiger partial charge in [-0.3, -0.25) is 4.72 Å². The fourth-order valence-electron chi connectivity index (χ4n) is 4.17. The highest BCUT2D eigenvalue weighted by atomic mass is 35.5. The van der Waals surface area contributed by atoms with Crippen LogP contribution in [0.1, 0.15) is 12.8 Å². The molecule has 0 unspecified atom stereocenters. The van der Waals surface area contributed by atoms with Gasteiger partial charge >= 0.3 is 0 Å². The molecule has 164 valence electrons. The van der Waals surface area contributed by atoms with Crippen LogP contribution in [0, 0.1) is 17.7 Å². The van der Waals surface area contributed by atoms with E-state index in [0.717, 1.165) is 29.9 Å². The van der Waals surface area contributed by atoms with Crippen molar-refractivity contribution in [3.8, 4) is 0 Å². The van der Waals surface area contributed by atoms with Crippen LogP contribution in [0.2, 0.25) is 5.02 Å². The average Bonchev–Trinajstić information content (AvgIpc) is 2.97. The van der Waals surface area contributed by atoms with Crippen LogP contribution in [0.4, 0.5) is 15.2 Å². The molecule has 2 aromatic rings. The molecule has 1 aromatic heterocycles. The van der Waals surface area contributed by atoms with Crippen LogP contribution < -0.4 is 10.0 Å². The van der Waals surface area contributed by atoms with Gasteiger partial charge in [-0.2, -0.15) is 0 Å². The summed E-state index contributed by atoms with van der Waals surface area (Å²) in [6.45, 7) is 0. The summed E-state index contributed by atoms with van der Waals surface area (Å²) in [5, 5.41) is 5.15. The van der Waals surface area contributed by atoms with Gasteiger partial charge in [-0.05, 0) is 50.9 Å². The van der Waals surface area contributed by atoms with Crippen LogP contribution in [-0.4, -0.2) is 48.8 Å². The first-order chi connectivity index (χ1) is 14.0. The maximum absolute atomic E-state index is 14.8. The second-order valence-corrected chi connectivity index (χ2v) is 12.2. The molecule has 2 fully saturated rings. The van der Waals surface area contributed by atoms with Gasteiger partial charge in [0.2, 0.25) is 0 Å². The number of aromatic nitrogens is 1. The number of sulfonamides is 1. The predicted octanol–water partition coefficient (Wildman–Crippen LogP) is 4.66. The van der Waals surface area contributed by atoms with E-state index in [-0.39, 0.29) is 34.1 Å². The fraction of sp³-hybridized carbons (Fsp3) is 0.500.